The van der Waals surface area contributed by atoms with E-state index in [2.05, 4.69) is 20.7 Å². The number of fused-ring (bicyclic) bond motifs is 2. The van der Waals surface area contributed by atoms with Gasteiger partial charge in [-0.25, -0.2) is 0 Å². The van der Waals surface area contributed by atoms with Crippen molar-refractivity contribution in [3.63, 3.8) is 0 Å². The molecule has 10 nitrogen and oxygen atoms in total. The second-order valence-electron chi connectivity index (χ2n) is 7.14. The highest BCUT2D eigenvalue weighted by atomic mass is 16.5. The standard InChI is InChI=1S/C21H18N6O4.CH4/c1-26-16-9-14-7-8-30-17(14)10-18(16)31-12-15(21(26)29)22-20(28)19-23-25-27(24-19)11-13-5-3-2-4-6-13;/h2-10,15H,11-12H2,1H3,(H,22,28);1H4/t15-;/m0./s1. The van der Waals surface area contributed by atoms with Gasteiger partial charge in [-0.2, -0.15) is 4.80 Å². The van der Waals surface area contributed by atoms with E-state index in [1.54, 1.807) is 19.4 Å². The fraction of sp³-hybridized carbons (Fsp3) is 0.227. The molecule has 0 unspecified atom stereocenters. The summed E-state index contributed by atoms with van der Waals surface area (Å²) in [6.45, 7) is 0.345. The van der Waals surface area contributed by atoms with Crippen LogP contribution in [0.3, 0.4) is 0 Å². The molecule has 2 amide bonds. The topological polar surface area (TPSA) is 115 Å². The van der Waals surface area contributed by atoms with E-state index in [-0.39, 0.29) is 25.8 Å². The number of likely N-dealkylation sites (N-methyl/N-ethyl adjacent to an activating group) is 1. The van der Waals surface area contributed by atoms with Crippen LogP contribution in [0, 0.1) is 0 Å². The lowest BCUT2D eigenvalue weighted by atomic mass is 10.2. The second kappa shape index (κ2) is 8.50. The molecule has 0 saturated heterocycles. The van der Waals surface area contributed by atoms with E-state index in [1.165, 1.54) is 9.70 Å². The van der Waals surface area contributed by atoms with Gasteiger partial charge in [0.15, 0.2) is 0 Å². The minimum Gasteiger partial charge on any atom is -0.489 e. The van der Waals surface area contributed by atoms with Crippen LogP contribution in [0.15, 0.2) is 59.2 Å². The molecule has 1 aliphatic heterocycles. The lowest BCUT2D eigenvalue weighted by Crippen LogP contribution is -2.49. The molecule has 164 valence electrons. The number of aromatic nitrogens is 4. The number of nitrogens with one attached hydrogen (secondary N) is 1. The molecule has 0 saturated carbocycles. The molecule has 0 spiro atoms. The summed E-state index contributed by atoms with van der Waals surface area (Å²) in [5.41, 5.74) is 2.23. The average molecular weight is 434 g/mol. The van der Waals surface area contributed by atoms with Crippen LogP contribution in [0.1, 0.15) is 23.6 Å². The number of tetrazole rings is 1. The zero-order chi connectivity index (χ0) is 21.4. The van der Waals surface area contributed by atoms with Crippen molar-refractivity contribution in [1.82, 2.24) is 25.5 Å². The normalized spacial score (nSPS) is 15.5. The maximum Gasteiger partial charge on any atom is 0.293 e. The van der Waals surface area contributed by atoms with Crippen molar-refractivity contribution in [3.8, 4) is 5.75 Å². The molecule has 0 aliphatic carbocycles. The van der Waals surface area contributed by atoms with Gasteiger partial charge in [0.2, 0.25) is 0 Å². The summed E-state index contributed by atoms with van der Waals surface area (Å²) in [5.74, 6) is -0.534. The number of anilines is 1. The Balaban J connectivity index is 0.00000245. The molecule has 0 bridgehead atoms. The first-order valence-corrected chi connectivity index (χ1v) is 9.63. The minimum absolute atomic E-state index is 0. The van der Waals surface area contributed by atoms with Crippen LogP contribution in [0.2, 0.25) is 0 Å². The molecule has 3 heterocycles. The van der Waals surface area contributed by atoms with Crippen molar-refractivity contribution in [2.24, 2.45) is 0 Å². The predicted octanol–water partition coefficient (Wildman–Crippen LogP) is 2.26. The predicted molar refractivity (Wildman–Crippen MR) is 116 cm³/mol. The van der Waals surface area contributed by atoms with Crippen LogP contribution in [0.4, 0.5) is 5.69 Å². The Morgan fingerprint density at radius 1 is 1.22 bits per heavy atom. The fourth-order valence-corrected chi connectivity index (χ4v) is 3.43. The summed E-state index contributed by atoms with van der Waals surface area (Å²) >= 11 is 0. The third-order valence-corrected chi connectivity index (χ3v) is 5.06. The number of carbonyl (C=O) groups excluding carboxylic acids is 2. The lowest BCUT2D eigenvalue weighted by molar-refractivity contribution is -0.120. The Morgan fingerprint density at radius 2 is 2.03 bits per heavy atom. The number of ether oxygens (including phenoxy) is 1. The van der Waals surface area contributed by atoms with Crippen molar-refractivity contribution in [2.75, 3.05) is 18.6 Å². The van der Waals surface area contributed by atoms with Gasteiger partial charge in [-0.15, -0.1) is 10.2 Å². The Hall–Kier alpha value is -4.21. The Kier molecular flexibility index (Phi) is 5.59. The number of rotatable bonds is 4. The number of carbonyl (C=O) groups is 2. The monoisotopic (exact) mass is 434 g/mol. The molecule has 4 aromatic rings. The Labute approximate surface area is 183 Å². The van der Waals surface area contributed by atoms with Gasteiger partial charge >= 0.3 is 0 Å². The number of benzene rings is 2. The molecule has 0 fully saturated rings. The molecular formula is C22H22N6O4. The van der Waals surface area contributed by atoms with Crippen LogP contribution in [-0.4, -0.2) is 51.7 Å². The van der Waals surface area contributed by atoms with E-state index in [1.807, 2.05) is 42.5 Å². The molecule has 2 aromatic heterocycles. The third-order valence-electron chi connectivity index (χ3n) is 5.06. The molecule has 10 heteroatoms. The first kappa shape index (κ1) is 21.0. The molecule has 2 aromatic carbocycles. The van der Waals surface area contributed by atoms with Crippen molar-refractivity contribution >= 4 is 28.5 Å². The van der Waals surface area contributed by atoms with Crippen LogP contribution in [0.25, 0.3) is 11.0 Å². The van der Waals surface area contributed by atoms with Gasteiger partial charge in [0.1, 0.15) is 24.0 Å². The highest BCUT2D eigenvalue weighted by molar-refractivity contribution is 6.03. The highest BCUT2D eigenvalue weighted by Gasteiger charge is 2.32. The first-order chi connectivity index (χ1) is 15.1. The summed E-state index contributed by atoms with van der Waals surface area (Å²) in [6.07, 6.45) is 1.58. The maximum atomic E-state index is 12.9. The van der Waals surface area contributed by atoms with Gasteiger partial charge in [-0.05, 0) is 22.9 Å². The Morgan fingerprint density at radius 3 is 2.84 bits per heavy atom. The summed E-state index contributed by atoms with van der Waals surface area (Å²) < 4.78 is 11.2. The molecule has 32 heavy (non-hydrogen) atoms. The summed E-state index contributed by atoms with van der Waals surface area (Å²) in [5, 5.41) is 15.3. The van der Waals surface area contributed by atoms with E-state index in [0.717, 1.165) is 10.9 Å². The van der Waals surface area contributed by atoms with Gasteiger partial charge in [-0.1, -0.05) is 37.8 Å². The number of furan rings is 1. The zero-order valence-electron chi connectivity index (χ0n) is 16.6. The Bertz CT molecular complexity index is 1270. The molecule has 0 radical (unpaired) electrons. The summed E-state index contributed by atoms with van der Waals surface area (Å²) in [6, 6.07) is 14.0. The SMILES string of the molecule is C.CN1C(=O)[C@@H](NC(=O)c2nnn(Cc3ccccc3)n2)COc2cc3occc3cc21. The first-order valence-electron chi connectivity index (χ1n) is 9.63. The van der Waals surface area contributed by atoms with Gasteiger partial charge in [-0.3, -0.25) is 9.59 Å². The lowest BCUT2D eigenvalue weighted by Gasteiger charge is -2.19. The largest absolute Gasteiger partial charge is 0.489 e. The molecule has 5 rings (SSSR count). The number of hydrogen-bond donors (Lipinski definition) is 1. The van der Waals surface area contributed by atoms with Gasteiger partial charge < -0.3 is 19.4 Å². The minimum atomic E-state index is -0.905. The van der Waals surface area contributed by atoms with Crippen LogP contribution < -0.4 is 15.0 Å². The van der Waals surface area contributed by atoms with Crippen molar-refractivity contribution in [2.45, 2.75) is 20.0 Å². The highest BCUT2D eigenvalue weighted by Crippen LogP contribution is 2.35. The number of nitrogens with zero attached hydrogens (tertiary/aromatic N) is 5. The molecule has 1 aliphatic rings. The quantitative estimate of drug-likeness (QED) is 0.524. The third kappa shape index (κ3) is 3.89. The summed E-state index contributed by atoms with van der Waals surface area (Å²) in [4.78, 5) is 28.4. The zero-order valence-corrected chi connectivity index (χ0v) is 16.6. The van der Waals surface area contributed by atoms with E-state index in [0.29, 0.717) is 23.6 Å². The second-order valence-corrected chi connectivity index (χ2v) is 7.14. The van der Waals surface area contributed by atoms with Crippen LogP contribution in [-0.2, 0) is 11.3 Å². The molecular weight excluding hydrogens is 412 g/mol. The molecule has 1 N–H and O–H groups in total. The number of hydrogen-bond acceptors (Lipinski definition) is 7. The van der Waals surface area contributed by atoms with Crippen molar-refractivity contribution in [3.05, 3.63) is 66.2 Å². The van der Waals surface area contributed by atoms with E-state index in [4.69, 9.17) is 9.15 Å². The fourth-order valence-electron chi connectivity index (χ4n) is 3.43. The van der Waals surface area contributed by atoms with Crippen molar-refractivity contribution < 1.29 is 18.7 Å². The van der Waals surface area contributed by atoms with Gasteiger partial charge in [0.05, 0.1) is 18.5 Å². The van der Waals surface area contributed by atoms with Gasteiger partial charge in [0, 0.05) is 18.5 Å². The number of amides is 2. The van der Waals surface area contributed by atoms with Crippen molar-refractivity contribution in [1.29, 1.82) is 0 Å². The van der Waals surface area contributed by atoms with E-state index < -0.39 is 11.9 Å². The van der Waals surface area contributed by atoms with Gasteiger partial charge in [0.25, 0.3) is 17.6 Å². The maximum absolute atomic E-state index is 12.9. The van der Waals surface area contributed by atoms with E-state index in [9.17, 15) is 9.59 Å². The average Bonchev–Trinajstić information content (AvgIpc) is 3.42. The van der Waals surface area contributed by atoms with Crippen LogP contribution >= 0.6 is 0 Å². The van der Waals surface area contributed by atoms with Crippen LogP contribution in [0.5, 0.6) is 5.75 Å². The summed E-state index contributed by atoms with van der Waals surface area (Å²) in [7, 11) is 1.63. The molecule has 1 atom stereocenters. The van der Waals surface area contributed by atoms with E-state index >= 15 is 0 Å². The smallest absolute Gasteiger partial charge is 0.293 e.